The molecule has 0 aromatic heterocycles. The fourth-order valence-electron chi connectivity index (χ4n) is 10.1. The highest BCUT2D eigenvalue weighted by Crippen LogP contribution is 2.65. The van der Waals surface area contributed by atoms with Crippen molar-refractivity contribution in [2.45, 2.75) is 110 Å². The Morgan fingerprint density at radius 3 is 2.09 bits per heavy atom. The summed E-state index contributed by atoms with van der Waals surface area (Å²) < 4.78 is 11.5. The highest BCUT2D eigenvalue weighted by atomic mass is 28.4. The van der Waals surface area contributed by atoms with E-state index in [0.29, 0.717) is 24.4 Å². The van der Waals surface area contributed by atoms with Gasteiger partial charge < -0.3 is 14.3 Å². The van der Waals surface area contributed by atoms with E-state index in [2.05, 4.69) is 82.8 Å². The molecule has 46 heavy (non-hydrogen) atoms. The number of allylic oxidation sites excluding steroid dienone is 1. The molecule has 3 aliphatic rings. The first kappa shape index (κ1) is 34.6. The number of ether oxygens (including phenoxy) is 2. The zero-order valence-electron chi connectivity index (χ0n) is 29.0. The van der Waals surface area contributed by atoms with E-state index in [0.717, 1.165) is 68.2 Å². The molecule has 250 valence electrons. The average Bonchev–Trinajstić information content (AvgIpc) is 3.34. The molecular formula is C40H56O5Si. The quantitative estimate of drug-likeness (QED) is 0.164. The Kier molecular flexibility index (Phi) is 10.1. The van der Waals surface area contributed by atoms with Gasteiger partial charge in [-0.25, -0.2) is 0 Å². The van der Waals surface area contributed by atoms with Crippen molar-refractivity contribution in [3.05, 3.63) is 72.8 Å². The Morgan fingerprint density at radius 2 is 1.52 bits per heavy atom. The van der Waals surface area contributed by atoms with Crippen molar-refractivity contribution in [3.8, 4) is 0 Å². The van der Waals surface area contributed by atoms with Gasteiger partial charge in [-0.15, -0.1) is 0 Å². The first-order valence-electron chi connectivity index (χ1n) is 17.5. The first-order valence-corrected chi connectivity index (χ1v) is 19.5. The van der Waals surface area contributed by atoms with Crippen LogP contribution in [0.5, 0.6) is 0 Å². The van der Waals surface area contributed by atoms with Gasteiger partial charge in [-0.05, 0) is 102 Å². The Bertz CT molecular complexity index is 1350. The Balaban J connectivity index is 1.50. The maximum absolute atomic E-state index is 13.0. The summed E-state index contributed by atoms with van der Waals surface area (Å²) in [6.07, 6.45) is 8.81. The van der Waals surface area contributed by atoms with Gasteiger partial charge in [0.25, 0.3) is 8.32 Å². The first-order chi connectivity index (χ1) is 21.7. The van der Waals surface area contributed by atoms with Gasteiger partial charge >= 0.3 is 11.9 Å². The molecular weight excluding hydrogens is 589 g/mol. The van der Waals surface area contributed by atoms with Crippen LogP contribution in [0.2, 0.25) is 5.04 Å². The van der Waals surface area contributed by atoms with Gasteiger partial charge in [0.2, 0.25) is 0 Å². The van der Waals surface area contributed by atoms with Crippen molar-refractivity contribution in [2.24, 2.45) is 34.5 Å². The molecule has 3 fully saturated rings. The Morgan fingerprint density at radius 1 is 0.913 bits per heavy atom. The lowest BCUT2D eigenvalue weighted by atomic mass is 9.48. The molecule has 6 heteroatoms. The van der Waals surface area contributed by atoms with Crippen molar-refractivity contribution in [1.29, 1.82) is 0 Å². The fourth-order valence-corrected chi connectivity index (χ4v) is 13.9. The maximum Gasteiger partial charge on any atom is 0.302 e. The molecule has 0 unspecified atom stereocenters. The molecule has 1 N–H and O–H groups in total. The third-order valence-corrected chi connectivity index (χ3v) is 17.6. The summed E-state index contributed by atoms with van der Waals surface area (Å²) in [5, 5.41) is 1.79. The Labute approximate surface area is 278 Å². The van der Waals surface area contributed by atoms with Gasteiger partial charge in [0, 0.05) is 19.8 Å². The third kappa shape index (κ3) is 6.41. The number of fused-ring (bicyclic) bond motifs is 1. The molecule has 2 aromatic carbocycles. The normalized spacial score (nSPS) is 31.6. The molecule has 0 spiro atoms. The number of carbonyl (C=O) groups excluding carboxylic acids is 2. The van der Waals surface area contributed by atoms with Crippen LogP contribution in [-0.2, 0) is 19.1 Å². The molecule has 0 heterocycles. The van der Waals surface area contributed by atoms with E-state index in [9.17, 15) is 14.4 Å². The number of hydrogen-bond acceptors (Lipinski definition) is 5. The number of esters is 2. The second kappa shape index (κ2) is 13.4. The SMILES string of the molecule is C=C1CC[C@H]2[C@H](CCC(C)(C)[Si](O)(c3ccccc3)c3ccccc3)[C@@H]([C@@]3(C)CC[C@H](OC(C)=O)C[C@@H]3COC(C)=O)CC[C@]12C. The molecule has 2 aromatic rings. The molecule has 0 bridgehead atoms. The highest BCUT2D eigenvalue weighted by Gasteiger charge is 2.58. The molecule has 0 aliphatic heterocycles. The molecule has 0 radical (unpaired) electrons. The molecule has 0 amide bonds. The number of carbonyl (C=O) groups is 2. The summed E-state index contributed by atoms with van der Waals surface area (Å²) in [6.45, 7) is 17.4. The molecule has 5 nitrogen and oxygen atoms in total. The largest absolute Gasteiger partial charge is 0.466 e. The van der Waals surface area contributed by atoms with Crippen LogP contribution in [0, 0.1) is 34.5 Å². The van der Waals surface area contributed by atoms with Crippen molar-refractivity contribution >= 4 is 30.6 Å². The van der Waals surface area contributed by atoms with E-state index in [1.165, 1.54) is 19.4 Å². The lowest BCUT2D eigenvalue weighted by Gasteiger charge is -2.57. The lowest BCUT2D eigenvalue weighted by molar-refractivity contribution is -0.161. The second-order valence-electron chi connectivity index (χ2n) is 15.9. The summed E-state index contributed by atoms with van der Waals surface area (Å²) >= 11 is 0. The van der Waals surface area contributed by atoms with E-state index in [-0.39, 0.29) is 39.8 Å². The standard InChI is InChI=1S/C40H56O5Si/c1-28-18-19-36-35(21-23-38(4,5)46(43,33-14-10-8-11-15-33)34-16-12-9-13-17-34)37(22-25-39(28,36)6)40(7)24-20-32(45-30(3)42)26-31(40)27-44-29(2)41/h8-17,31-32,35-37,43H,1,18-27H2,2-7H3/t31-,32+,35+,36+,37+,39-,40+/m1/s1. The maximum atomic E-state index is 13.0. The highest BCUT2D eigenvalue weighted by molar-refractivity contribution is 6.98. The van der Waals surface area contributed by atoms with Crippen LogP contribution in [0.25, 0.3) is 0 Å². The molecule has 7 atom stereocenters. The van der Waals surface area contributed by atoms with E-state index in [1.807, 2.05) is 12.1 Å². The predicted octanol–water partition coefficient (Wildman–Crippen LogP) is 7.60. The summed E-state index contributed by atoms with van der Waals surface area (Å²) in [5.41, 5.74) is 1.48. The monoisotopic (exact) mass is 644 g/mol. The van der Waals surface area contributed by atoms with Crippen LogP contribution < -0.4 is 10.4 Å². The molecule has 3 aliphatic carbocycles. The zero-order valence-corrected chi connectivity index (χ0v) is 30.0. The minimum Gasteiger partial charge on any atom is -0.466 e. The summed E-state index contributed by atoms with van der Waals surface area (Å²) in [5.74, 6) is 1.04. The smallest absolute Gasteiger partial charge is 0.302 e. The summed E-state index contributed by atoms with van der Waals surface area (Å²) in [6, 6.07) is 20.7. The molecule has 0 saturated heterocycles. The average molecular weight is 645 g/mol. The van der Waals surface area contributed by atoms with Gasteiger partial charge in [-0.3, -0.25) is 9.59 Å². The topological polar surface area (TPSA) is 72.8 Å². The van der Waals surface area contributed by atoms with Crippen molar-refractivity contribution < 1.29 is 23.9 Å². The predicted molar refractivity (Wildman–Crippen MR) is 187 cm³/mol. The van der Waals surface area contributed by atoms with Crippen LogP contribution >= 0.6 is 0 Å². The van der Waals surface area contributed by atoms with E-state index < -0.39 is 8.32 Å². The minimum absolute atomic E-state index is 0.0568. The fraction of sp³-hybridized carbons (Fsp3) is 0.600. The second-order valence-corrected chi connectivity index (χ2v) is 19.8. The zero-order chi connectivity index (χ0) is 33.3. The van der Waals surface area contributed by atoms with E-state index in [1.54, 1.807) is 0 Å². The van der Waals surface area contributed by atoms with Crippen LogP contribution in [0.3, 0.4) is 0 Å². The number of hydrogen-bond donors (Lipinski definition) is 1. The summed E-state index contributed by atoms with van der Waals surface area (Å²) in [4.78, 5) is 36.9. The Hall–Kier alpha value is -2.70. The number of benzene rings is 2. The van der Waals surface area contributed by atoms with Gasteiger partial charge in [0.05, 0.1) is 6.61 Å². The van der Waals surface area contributed by atoms with E-state index in [4.69, 9.17) is 9.47 Å². The van der Waals surface area contributed by atoms with Crippen molar-refractivity contribution in [3.63, 3.8) is 0 Å². The van der Waals surface area contributed by atoms with E-state index >= 15 is 0 Å². The lowest BCUT2D eigenvalue weighted by Crippen LogP contribution is -2.65. The van der Waals surface area contributed by atoms with Crippen LogP contribution in [0.15, 0.2) is 72.8 Å². The third-order valence-electron chi connectivity index (χ3n) is 13.0. The van der Waals surface area contributed by atoms with Crippen LogP contribution in [-0.4, -0.2) is 37.8 Å². The van der Waals surface area contributed by atoms with Gasteiger partial charge in [0.1, 0.15) is 6.10 Å². The van der Waals surface area contributed by atoms with Crippen LogP contribution in [0.1, 0.15) is 99.3 Å². The molecule has 5 rings (SSSR count). The van der Waals surface area contributed by atoms with Gasteiger partial charge in [0.15, 0.2) is 0 Å². The van der Waals surface area contributed by atoms with Gasteiger partial charge in [-0.1, -0.05) is 101 Å². The minimum atomic E-state index is -3.15. The molecule has 3 saturated carbocycles. The number of rotatable bonds is 10. The summed E-state index contributed by atoms with van der Waals surface area (Å²) in [7, 11) is -3.15. The van der Waals surface area contributed by atoms with Crippen LogP contribution in [0.4, 0.5) is 0 Å². The van der Waals surface area contributed by atoms with Crippen molar-refractivity contribution in [2.75, 3.05) is 6.61 Å². The van der Waals surface area contributed by atoms with Gasteiger partial charge in [-0.2, -0.15) is 0 Å². The van der Waals surface area contributed by atoms with Crippen molar-refractivity contribution in [1.82, 2.24) is 0 Å².